The second kappa shape index (κ2) is 3.47. The van der Waals surface area contributed by atoms with Crippen LogP contribution in [-0.4, -0.2) is 0 Å². The first-order chi connectivity index (χ1) is 5.86. The highest BCUT2D eigenvalue weighted by molar-refractivity contribution is 5.25. The van der Waals surface area contributed by atoms with Gasteiger partial charge >= 0.3 is 0 Å². The minimum atomic E-state index is 0.847. The van der Waals surface area contributed by atoms with Crippen molar-refractivity contribution in [2.45, 2.75) is 39.0 Å². The fourth-order valence-electron chi connectivity index (χ4n) is 2.27. The minimum absolute atomic E-state index is 0.847. The second-order valence-corrected chi connectivity index (χ2v) is 4.20. The molecule has 2 aliphatic rings. The van der Waals surface area contributed by atoms with Crippen LogP contribution >= 0.6 is 0 Å². The maximum Gasteiger partial charge on any atom is -0.00884 e. The lowest BCUT2D eigenvalue weighted by atomic mass is 9.79. The molecule has 1 fully saturated rings. The average Bonchev–Trinajstić information content (AvgIpc) is 2.58. The summed E-state index contributed by atoms with van der Waals surface area (Å²) in [5.41, 5.74) is 1.50. The molecular weight excluding hydrogens is 144 g/mol. The fraction of sp³-hybridized carbons (Fsp3) is 0.667. The quantitative estimate of drug-likeness (QED) is 0.552. The van der Waals surface area contributed by atoms with Crippen molar-refractivity contribution in [2.75, 3.05) is 0 Å². The zero-order chi connectivity index (χ0) is 8.39. The van der Waals surface area contributed by atoms with E-state index in [1.807, 2.05) is 0 Å². The number of allylic oxidation sites excluding steroid dienone is 4. The highest BCUT2D eigenvalue weighted by Crippen LogP contribution is 2.34. The molecule has 2 aliphatic carbocycles. The summed E-state index contributed by atoms with van der Waals surface area (Å²) < 4.78 is 0. The molecule has 0 amide bonds. The molecule has 0 aromatic carbocycles. The van der Waals surface area contributed by atoms with E-state index in [2.05, 4.69) is 25.2 Å². The Morgan fingerprint density at radius 3 is 2.58 bits per heavy atom. The molecule has 0 aromatic heterocycles. The number of hydrogen-bond acceptors (Lipinski definition) is 0. The van der Waals surface area contributed by atoms with Crippen LogP contribution in [-0.2, 0) is 0 Å². The van der Waals surface area contributed by atoms with Crippen LogP contribution in [0.4, 0.5) is 0 Å². The van der Waals surface area contributed by atoms with E-state index in [1.54, 1.807) is 0 Å². The zero-order valence-corrected chi connectivity index (χ0v) is 7.84. The third kappa shape index (κ3) is 1.63. The maximum atomic E-state index is 3.45. The Hall–Kier alpha value is -0.520. The Labute approximate surface area is 75.4 Å². The largest absolute Gasteiger partial charge is 0.0798 e. The molecule has 12 heavy (non-hydrogen) atoms. The van der Waals surface area contributed by atoms with Crippen molar-refractivity contribution in [3.05, 3.63) is 23.8 Å². The van der Waals surface area contributed by atoms with Crippen molar-refractivity contribution in [2.24, 2.45) is 11.8 Å². The van der Waals surface area contributed by atoms with Gasteiger partial charge in [-0.2, -0.15) is 0 Å². The molecule has 0 N–H and O–H groups in total. The van der Waals surface area contributed by atoms with E-state index >= 15 is 0 Å². The van der Waals surface area contributed by atoms with Gasteiger partial charge in [-0.05, 0) is 42.7 Å². The summed E-state index contributed by atoms with van der Waals surface area (Å²) in [7, 11) is 0. The highest BCUT2D eigenvalue weighted by atomic mass is 14.3. The predicted octanol–water partition coefficient (Wildman–Crippen LogP) is 3.50. The number of rotatable bonds is 1. The average molecular weight is 161 g/mol. The van der Waals surface area contributed by atoms with Gasteiger partial charge in [0.1, 0.15) is 0 Å². The van der Waals surface area contributed by atoms with Gasteiger partial charge in [0.15, 0.2) is 0 Å². The van der Waals surface area contributed by atoms with Crippen molar-refractivity contribution in [3.8, 4) is 0 Å². The maximum absolute atomic E-state index is 3.45. The minimum Gasteiger partial charge on any atom is -0.0798 e. The van der Waals surface area contributed by atoms with E-state index in [4.69, 9.17) is 0 Å². The van der Waals surface area contributed by atoms with E-state index in [0.29, 0.717) is 0 Å². The molecule has 2 rings (SSSR count). The smallest absolute Gasteiger partial charge is 0.00884 e. The third-order valence-electron chi connectivity index (χ3n) is 3.18. The molecule has 0 nitrogen and oxygen atoms in total. The van der Waals surface area contributed by atoms with Crippen LogP contribution in [0.3, 0.4) is 0 Å². The monoisotopic (exact) mass is 161 g/mol. The van der Waals surface area contributed by atoms with E-state index in [9.17, 15) is 0 Å². The molecule has 0 heterocycles. The summed E-state index contributed by atoms with van der Waals surface area (Å²) >= 11 is 0. The van der Waals surface area contributed by atoms with Crippen LogP contribution in [0.2, 0.25) is 0 Å². The summed E-state index contributed by atoms with van der Waals surface area (Å²) in [5, 5.41) is 0. The molecule has 0 atom stereocenters. The Bertz CT molecular complexity index is 202. The van der Waals surface area contributed by atoms with Crippen LogP contribution in [0.1, 0.15) is 39.0 Å². The summed E-state index contributed by atoms with van der Waals surface area (Å²) in [5.74, 6) is 1.81. The summed E-state index contributed by atoms with van der Waals surface area (Å²) in [6, 6.07) is 0. The molecule has 0 spiro atoms. The van der Waals surface area contributed by atoms with Gasteiger partial charge in [-0.3, -0.25) is 0 Å². The van der Waals surface area contributed by atoms with Crippen molar-refractivity contribution in [1.29, 1.82) is 0 Å². The first-order valence-electron chi connectivity index (χ1n) is 5.13. The Morgan fingerprint density at radius 2 is 2.00 bits per heavy atom. The molecule has 1 radical (unpaired) electrons. The van der Waals surface area contributed by atoms with Crippen molar-refractivity contribution in [3.63, 3.8) is 0 Å². The summed E-state index contributed by atoms with van der Waals surface area (Å²) in [4.78, 5) is 0. The normalized spacial score (nSPS) is 35.2. The molecule has 0 saturated heterocycles. The van der Waals surface area contributed by atoms with Gasteiger partial charge in [0.25, 0.3) is 0 Å². The van der Waals surface area contributed by atoms with Crippen LogP contribution < -0.4 is 0 Å². The molecular formula is C12H17. The van der Waals surface area contributed by atoms with Crippen LogP contribution in [0.5, 0.6) is 0 Å². The first kappa shape index (κ1) is 8.10. The fourth-order valence-corrected chi connectivity index (χ4v) is 2.27. The van der Waals surface area contributed by atoms with E-state index in [-0.39, 0.29) is 0 Å². The predicted molar refractivity (Wildman–Crippen MR) is 51.6 cm³/mol. The molecule has 1 saturated carbocycles. The number of hydrogen-bond donors (Lipinski definition) is 0. The van der Waals surface area contributed by atoms with Crippen LogP contribution in [0, 0.1) is 17.9 Å². The van der Waals surface area contributed by atoms with Crippen LogP contribution in [0.15, 0.2) is 17.7 Å². The van der Waals surface area contributed by atoms with E-state index in [0.717, 1.165) is 18.3 Å². The van der Waals surface area contributed by atoms with Gasteiger partial charge in [-0.25, -0.2) is 0 Å². The van der Waals surface area contributed by atoms with Gasteiger partial charge in [0.2, 0.25) is 0 Å². The highest BCUT2D eigenvalue weighted by Gasteiger charge is 2.20. The topological polar surface area (TPSA) is 0 Å². The molecule has 0 bridgehead atoms. The lowest BCUT2D eigenvalue weighted by Gasteiger charge is -2.26. The van der Waals surface area contributed by atoms with Gasteiger partial charge in [-0.15, -0.1) is 0 Å². The SMILES string of the molecule is CC1CCC(C2=[C]CC=C2)CC1. The van der Waals surface area contributed by atoms with Gasteiger partial charge in [-0.1, -0.05) is 31.9 Å². The molecule has 0 heteroatoms. The Kier molecular flexibility index (Phi) is 2.34. The summed E-state index contributed by atoms with van der Waals surface area (Å²) in [6.45, 7) is 2.37. The van der Waals surface area contributed by atoms with E-state index < -0.39 is 0 Å². The molecule has 65 valence electrons. The van der Waals surface area contributed by atoms with E-state index in [1.165, 1.54) is 31.3 Å². The molecule has 0 unspecified atom stereocenters. The molecule has 0 aromatic rings. The Morgan fingerprint density at radius 1 is 1.25 bits per heavy atom. The Balaban J connectivity index is 1.93. The summed E-state index contributed by atoms with van der Waals surface area (Å²) in [6.07, 6.45) is 14.6. The second-order valence-electron chi connectivity index (χ2n) is 4.20. The standard InChI is InChI=1S/C12H17/c1-10-6-8-12(9-7-10)11-4-2-3-5-11/h2,4,10,12H,3,6-9H2,1H3. The van der Waals surface area contributed by atoms with Crippen LogP contribution in [0.25, 0.3) is 0 Å². The van der Waals surface area contributed by atoms with Gasteiger partial charge < -0.3 is 0 Å². The van der Waals surface area contributed by atoms with Gasteiger partial charge in [0.05, 0.1) is 0 Å². The first-order valence-corrected chi connectivity index (χ1v) is 5.13. The lowest BCUT2D eigenvalue weighted by molar-refractivity contribution is 0.323. The van der Waals surface area contributed by atoms with Crippen molar-refractivity contribution < 1.29 is 0 Å². The lowest BCUT2D eigenvalue weighted by Crippen LogP contribution is -2.13. The van der Waals surface area contributed by atoms with Gasteiger partial charge in [0, 0.05) is 0 Å². The van der Waals surface area contributed by atoms with Crippen molar-refractivity contribution >= 4 is 0 Å². The zero-order valence-electron chi connectivity index (χ0n) is 7.84. The van der Waals surface area contributed by atoms with Crippen molar-refractivity contribution in [1.82, 2.24) is 0 Å². The third-order valence-corrected chi connectivity index (χ3v) is 3.18. The molecule has 0 aliphatic heterocycles.